The number of rotatable bonds is 6. The van der Waals surface area contributed by atoms with E-state index in [9.17, 15) is 5.11 Å². The van der Waals surface area contributed by atoms with Gasteiger partial charge >= 0.3 is 0 Å². The van der Waals surface area contributed by atoms with Crippen LogP contribution >= 0.6 is 0 Å². The van der Waals surface area contributed by atoms with Gasteiger partial charge in [0.2, 0.25) is 0 Å². The van der Waals surface area contributed by atoms with Crippen LogP contribution in [0.25, 0.3) is 0 Å². The van der Waals surface area contributed by atoms with Crippen molar-refractivity contribution in [3.8, 4) is 0 Å². The lowest BCUT2D eigenvalue weighted by molar-refractivity contribution is -0.0165. The number of ether oxygens (including phenoxy) is 1. The molecule has 3 atom stereocenters. The average molecular weight is 255 g/mol. The van der Waals surface area contributed by atoms with Gasteiger partial charge in [0.1, 0.15) is 0 Å². The molecule has 1 N–H and O–H groups in total. The van der Waals surface area contributed by atoms with Gasteiger partial charge in [0, 0.05) is 25.7 Å². The second-order valence-corrected chi connectivity index (χ2v) is 6.41. The summed E-state index contributed by atoms with van der Waals surface area (Å²) in [6, 6.07) is 1.08. The first-order valence-electron chi connectivity index (χ1n) is 7.56. The SMILES string of the molecule is COCCN(C1CC1)C1CC(C(C)C)CCC1O. The number of aliphatic hydroxyl groups is 1. The third-order valence-electron chi connectivity index (χ3n) is 4.76. The van der Waals surface area contributed by atoms with Gasteiger partial charge < -0.3 is 9.84 Å². The second kappa shape index (κ2) is 6.36. The predicted molar refractivity (Wildman–Crippen MR) is 73.6 cm³/mol. The minimum Gasteiger partial charge on any atom is -0.391 e. The van der Waals surface area contributed by atoms with Crippen LogP contribution in [0.15, 0.2) is 0 Å². The summed E-state index contributed by atoms with van der Waals surface area (Å²) >= 11 is 0. The highest BCUT2D eigenvalue weighted by atomic mass is 16.5. The average Bonchev–Trinajstić information content (AvgIpc) is 3.15. The summed E-state index contributed by atoms with van der Waals surface area (Å²) in [5.74, 6) is 1.52. The summed E-state index contributed by atoms with van der Waals surface area (Å²) in [5.41, 5.74) is 0. The third kappa shape index (κ3) is 3.46. The van der Waals surface area contributed by atoms with Crippen molar-refractivity contribution in [2.45, 2.75) is 64.1 Å². The van der Waals surface area contributed by atoms with Crippen molar-refractivity contribution in [2.24, 2.45) is 11.8 Å². The Morgan fingerprint density at radius 3 is 2.50 bits per heavy atom. The van der Waals surface area contributed by atoms with Crippen LogP contribution in [0.1, 0.15) is 46.0 Å². The molecular weight excluding hydrogens is 226 g/mol. The highest BCUT2D eigenvalue weighted by Crippen LogP contribution is 2.37. The third-order valence-corrected chi connectivity index (χ3v) is 4.76. The molecule has 3 unspecified atom stereocenters. The summed E-state index contributed by atoms with van der Waals surface area (Å²) < 4.78 is 5.23. The Kier molecular flexibility index (Phi) is 5.05. The lowest BCUT2D eigenvalue weighted by atomic mass is 9.77. The highest BCUT2D eigenvalue weighted by Gasteiger charge is 2.40. The molecule has 0 aromatic heterocycles. The summed E-state index contributed by atoms with van der Waals surface area (Å²) in [6.07, 6.45) is 5.82. The molecule has 18 heavy (non-hydrogen) atoms. The zero-order valence-electron chi connectivity index (χ0n) is 12.1. The smallest absolute Gasteiger partial charge is 0.0695 e. The van der Waals surface area contributed by atoms with Crippen molar-refractivity contribution in [3.63, 3.8) is 0 Å². The summed E-state index contributed by atoms with van der Waals surface area (Å²) in [6.45, 7) is 6.39. The number of hydrogen-bond acceptors (Lipinski definition) is 3. The maximum absolute atomic E-state index is 10.3. The van der Waals surface area contributed by atoms with Crippen molar-refractivity contribution in [2.75, 3.05) is 20.3 Å². The van der Waals surface area contributed by atoms with Gasteiger partial charge in [-0.3, -0.25) is 4.90 Å². The standard InChI is InChI=1S/C15H29NO2/c1-11(2)12-4-7-15(17)14(10-12)16(8-9-18-3)13-5-6-13/h11-15,17H,4-10H2,1-3H3. The quantitative estimate of drug-likeness (QED) is 0.790. The molecule has 0 aliphatic heterocycles. The fourth-order valence-corrected chi connectivity index (χ4v) is 3.35. The minimum atomic E-state index is -0.127. The molecule has 2 rings (SSSR count). The molecule has 0 heterocycles. The van der Waals surface area contributed by atoms with Crippen LogP contribution in [0.4, 0.5) is 0 Å². The van der Waals surface area contributed by atoms with Crippen LogP contribution in [0.3, 0.4) is 0 Å². The zero-order valence-corrected chi connectivity index (χ0v) is 12.1. The topological polar surface area (TPSA) is 32.7 Å². The van der Waals surface area contributed by atoms with Gasteiger partial charge in [-0.1, -0.05) is 13.8 Å². The molecule has 3 nitrogen and oxygen atoms in total. The van der Waals surface area contributed by atoms with Gasteiger partial charge in [0.25, 0.3) is 0 Å². The normalized spacial score (nSPS) is 33.3. The highest BCUT2D eigenvalue weighted by molar-refractivity contribution is 4.94. The largest absolute Gasteiger partial charge is 0.391 e. The molecule has 0 aromatic rings. The van der Waals surface area contributed by atoms with Gasteiger partial charge in [-0.15, -0.1) is 0 Å². The molecule has 2 saturated carbocycles. The van der Waals surface area contributed by atoms with Crippen LogP contribution in [-0.4, -0.2) is 48.5 Å². The van der Waals surface area contributed by atoms with Gasteiger partial charge in [0.15, 0.2) is 0 Å². The Balaban J connectivity index is 1.97. The van der Waals surface area contributed by atoms with E-state index in [2.05, 4.69) is 18.7 Å². The van der Waals surface area contributed by atoms with Crippen LogP contribution in [0.2, 0.25) is 0 Å². The Morgan fingerprint density at radius 2 is 1.94 bits per heavy atom. The lowest BCUT2D eigenvalue weighted by Crippen LogP contribution is -2.50. The van der Waals surface area contributed by atoms with Crippen LogP contribution in [-0.2, 0) is 4.74 Å². The zero-order chi connectivity index (χ0) is 13.1. The molecule has 0 bridgehead atoms. The van der Waals surface area contributed by atoms with Gasteiger partial charge in [-0.05, 0) is 43.9 Å². The van der Waals surface area contributed by atoms with Crippen molar-refractivity contribution >= 4 is 0 Å². The summed E-state index contributed by atoms with van der Waals surface area (Å²) in [5, 5.41) is 10.3. The Hall–Kier alpha value is -0.120. The van der Waals surface area contributed by atoms with Crippen molar-refractivity contribution in [1.82, 2.24) is 4.90 Å². The van der Waals surface area contributed by atoms with Crippen LogP contribution in [0, 0.1) is 11.8 Å². The van der Waals surface area contributed by atoms with E-state index >= 15 is 0 Å². The Labute approximate surface area is 112 Å². The number of nitrogens with zero attached hydrogens (tertiary/aromatic N) is 1. The van der Waals surface area contributed by atoms with E-state index < -0.39 is 0 Å². The van der Waals surface area contributed by atoms with Crippen molar-refractivity contribution < 1.29 is 9.84 Å². The van der Waals surface area contributed by atoms with E-state index in [1.165, 1.54) is 25.7 Å². The van der Waals surface area contributed by atoms with Crippen molar-refractivity contribution in [1.29, 1.82) is 0 Å². The minimum absolute atomic E-state index is 0.127. The molecule has 3 heteroatoms. The number of methoxy groups -OCH3 is 1. The molecule has 0 saturated heterocycles. The molecular formula is C15H29NO2. The maximum atomic E-state index is 10.3. The number of aliphatic hydroxyl groups excluding tert-OH is 1. The second-order valence-electron chi connectivity index (χ2n) is 6.41. The molecule has 106 valence electrons. The van der Waals surface area contributed by atoms with Gasteiger partial charge in [-0.25, -0.2) is 0 Å². The molecule has 2 fully saturated rings. The molecule has 0 aromatic carbocycles. The molecule has 0 amide bonds. The first-order chi connectivity index (χ1) is 8.63. The molecule has 0 spiro atoms. The van der Waals surface area contributed by atoms with E-state index in [1.54, 1.807) is 7.11 Å². The summed E-state index contributed by atoms with van der Waals surface area (Å²) in [4.78, 5) is 2.53. The molecule has 2 aliphatic rings. The van der Waals surface area contributed by atoms with Gasteiger partial charge in [0.05, 0.1) is 12.7 Å². The fraction of sp³-hybridized carbons (Fsp3) is 1.00. The molecule has 0 radical (unpaired) electrons. The summed E-state index contributed by atoms with van der Waals surface area (Å²) in [7, 11) is 1.76. The Morgan fingerprint density at radius 1 is 1.22 bits per heavy atom. The van der Waals surface area contributed by atoms with E-state index in [0.717, 1.165) is 31.4 Å². The van der Waals surface area contributed by atoms with Crippen LogP contribution < -0.4 is 0 Å². The first-order valence-corrected chi connectivity index (χ1v) is 7.56. The van der Waals surface area contributed by atoms with Gasteiger partial charge in [-0.2, -0.15) is 0 Å². The first kappa shape index (κ1) is 14.3. The number of hydrogen-bond donors (Lipinski definition) is 1. The Bertz CT molecular complexity index is 253. The molecule has 2 aliphatic carbocycles. The van der Waals surface area contributed by atoms with E-state index in [-0.39, 0.29) is 6.10 Å². The van der Waals surface area contributed by atoms with E-state index in [1.807, 2.05) is 0 Å². The van der Waals surface area contributed by atoms with Crippen molar-refractivity contribution in [3.05, 3.63) is 0 Å². The van der Waals surface area contributed by atoms with E-state index in [4.69, 9.17) is 4.74 Å². The van der Waals surface area contributed by atoms with E-state index in [0.29, 0.717) is 12.1 Å². The lowest BCUT2D eigenvalue weighted by Gasteiger charge is -2.42. The monoisotopic (exact) mass is 255 g/mol. The fourth-order valence-electron chi connectivity index (χ4n) is 3.35. The predicted octanol–water partition coefficient (Wildman–Crippen LogP) is 2.28. The van der Waals surface area contributed by atoms with Crippen LogP contribution in [0.5, 0.6) is 0 Å². The maximum Gasteiger partial charge on any atom is 0.0695 e.